The number of benzene rings is 4. The molecule has 0 atom stereocenters. The second-order valence-corrected chi connectivity index (χ2v) is 9.29. The molecule has 0 radical (unpaired) electrons. The Morgan fingerprint density at radius 2 is 1.67 bits per heavy atom. The number of hydrogen-bond donors (Lipinski definition) is 1. The number of fused-ring (bicyclic) bond motifs is 2. The van der Waals surface area contributed by atoms with E-state index in [0.717, 1.165) is 44.9 Å². The van der Waals surface area contributed by atoms with E-state index in [1.54, 1.807) is 0 Å². The molecule has 5 aromatic rings. The highest BCUT2D eigenvalue weighted by molar-refractivity contribution is 7.99. The van der Waals surface area contributed by atoms with Gasteiger partial charge in [-0.15, -0.1) is 10.2 Å². The summed E-state index contributed by atoms with van der Waals surface area (Å²) in [5.41, 5.74) is 2.75. The van der Waals surface area contributed by atoms with Crippen molar-refractivity contribution >= 4 is 34.1 Å². The smallest absolute Gasteiger partial charge is 0.234 e. The number of thioether (sulfide) groups is 1. The molecule has 1 aliphatic heterocycles. The Kier molecular flexibility index (Phi) is 6.01. The van der Waals surface area contributed by atoms with E-state index in [9.17, 15) is 4.79 Å². The van der Waals surface area contributed by atoms with Crippen molar-refractivity contribution in [2.75, 3.05) is 17.9 Å². The van der Waals surface area contributed by atoms with Gasteiger partial charge < -0.3 is 14.8 Å². The van der Waals surface area contributed by atoms with E-state index in [0.29, 0.717) is 11.7 Å². The summed E-state index contributed by atoms with van der Waals surface area (Å²) in [4.78, 5) is 12.8. The molecule has 4 aromatic carbocycles. The Balaban J connectivity index is 1.22. The highest BCUT2D eigenvalue weighted by Crippen LogP contribution is 2.34. The number of amides is 1. The van der Waals surface area contributed by atoms with Crippen molar-refractivity contribution in [2.24, 2.45) is 0 Å². The summed E-state index contributed by atoms with van der Waals surface area (Å²) in [7, 11) is 0. The van der Waals surface area contributed by atoms with E-state index >= 15 is 0 Å². The minimum atomic E-state index is -0.103. The summed E-state index contributed by atoms with van der Waals surface area (Å²) in [6, 6.07) is 29.8. The normalized spacial score (nSPS) is 12.1. The lowest BCUT2D eigenvalue weighted by molar-refractivity contribution is -0.113. The zero-order valence-electron chi connectivity index (χ0n) is 19.3. The van der Waals surface area contributed by atoms with Crippen molar-refractivity contribution in [3.8, 4) is 22.9 Å². The van der Waals surface area contributed by atoms with Gasteiger partial charge in [-0.05, 0) is 40.6 Å². The van der Waals surface area contributed by atoms with E-state index in [1.165, 1.54) is 11.8 Å². The first-order chi connectivity index (χ1) is 17.7. The SMILES string of the molecule is O=C(CSc1nnc(-c2ccccc2)n1Cc1ccc2c(c1)OCO2)Nc1ccc2ccccc2c1. The number of ether oxygens (including phenoxy) is 2. The number of aromatic nitrogens is 3. The maximum atomic E-state index is 12.8. The van der Waals surface area contributed by atoms with Crippen molar-refractivity contribution in [1.29, 1.82) is 0 Å². The van der Waals surface area contributed by atoms with Gasteiger partial charge >= 0.3 is 0 Å². The molecule has 0 unspecified atom stereocenters. The third-order valence-electron chi connectivity index (χ3n) is 5.89. The Morgan fingerprint density at radius 1 is 0.861 bits per heavy atom. The van der Waals surface area contributed by atoms with Crippen LogP contribution < -0.4 is 14.8 Å². The maximum absolute atomic E-state index is 12.8. The van der Waals surface area contributed by atoms with Gasteiger partial charge in [0.05, 0.1) is 12.3 Å². The van der Waals surface area contributed by atoms with E-state index in [4.69, 9.17) is 9.47 Å². The van der Waals surface area contributed by atoms with Crippen molar-refractivity contribution in [3.05, 3.63) is 96.6 Å². The molecule has 0 spiro atoms. The predicted octanol–water partition coefficient (Wildman–Crippen LogP) is 5.61. The fourth-order valence-electron chi connectivity index (χ4n) is 4.15. The molecule has 1 aromatic heterocycles. The van der Waals surface area contributed by atoms with Crippen molar-refractivity contribution < 1.29 is 14.3 Å². The first-order valence-electron chi connectivity index (χ1n) is 11.5. The predicted molar refractivity (Wildman–Crippen MR) is 140 cm³/mol. The van der Waals surface area contributed by atoms with Gasteiger partial charge in [0.2, 0.25) is 12.7 Å². The zero-order valence-corrected chi connectivity index (χ0v) is 20.1. The highest BCUT2D eigenvalue weighted by atomic mass is 32.2. The van der Waals surface area contributed by atoms with Crippen LogP contribution in [0.5, 0.6) is 11.5 Å². The minimum absolute atomic E-state index is 0.103. The van der Waals surface area contributed by atoms with Gasteiger partial charge in [-0.3, -0.25) is 9.36 Å². The monoisotopic (exact) mass is 494 g/mol. The van der Waals surface area contributed by atoms with Crippen LogP contribution in [0.25, 0.3) is 22.2 Å². The van der Waals surface area contributed by atoms with E-state index in [1.807, 2.05) is 95.6 Å². The van der Waals surface area contributed by atoms with Crippen LogP contribution >= 0.6 is 11.8 Å². The number of carbonyl (C=O) groups excluding carboxylic acids is 1. The van der Waals surface area contributed by atoms with Crippen molar-refractivity contribution in [3.63, 3.8) is 0 Å². The largest absolute Gasteiger partial charge is 0.454 e. The Labute approximate surface area is 212 Å². The number of nitrogens with one attached hydrogen (secondary N) is 1. The molecular weight excluding hydrogens is 472 g/mol. The Morgan fingerprint density at radius 3 is 2.56 bits per heavy atom. The third kappa shape index (κ3) is 4.63. The lowest BCUT2D eigenvalue weighted by Crippen LogP contribution is -2.14. The second-order valence-electron chi connectivity index (χ2n) is 8.34. The standard InChI is InChI=1S/C28H22N4O3S/c33-26(29-23-12-11-20-6-4-5-9-22(20)15-23)17-36-28-31-30-27(21-7-2-1-3-8-21)32(28)16-19-10-13-24-25(14-19)35-18-34-24/h1-15H,16-18H2,(H,29,33). The van der Waals surface area contributed by atoms with Crippen LogP contribution in [0.2, 0.25) is 0 Å². The molecule has 2 heterocycles. The summed E-state index contributed by atoms with van der Waals surface area (Å²) in [5.74, 6) is 2.32. The van der Waals surface area contributed by atoms with E-state index in [-0.39, 0.29) is 18.5 Å². The van der Waals surface area contributed by atoms with Crippen LogP contribution in [0.3, 0.4) is 0 Å². The lowest BCUT2D eigenvalue weighted by atomic mass is 10.1. The number of nitrogens with zero attached hydrogens (tertiary/aromatic N) is 3. The van der Waals surface area contributed by atoms with Crippen LogP contribution in [-0.2, 0) is 11.3 Å². The Hall–Kier alpha value is -4.30. The molecule has 7 nitrogen and oxygen atoms in total. The number of hydrogen-bond acceptors (Lipinski definition) is 6. The van der Waals surface area contributed by atoms with Crippen LogP contribution in [0.1, 0.15) is 5.56 Å². The first-order valence-corrected chi connectivity index (χ1v) is 12.5. The molecule has 0 saturated carbocycles. The molecule has 6 rings (SSSR count). The molecule has 36 heavy (non-hydrogen) atoms. The van der Waals surface area contributed by atoms with Crippen LogP contribution in [-0.4, -0.2) is 33.2 Å². The Bertz CT molecular complexity index is 1550. The topological polar surface area (TPSA) is 78.3 Å². The molecular formula is C28H22N4O3S. The molecule has 1 amide bonds. The zero-order chi connectivity index (χ0) is 24.3. The molecule has 1 aliphatic rings. The van der Waals surface area contributed by atoms with Gasteiger partial charge in [0, 0.05) is 11.3 Å². The van der Waals surface area contributed by atoms with Crippen LogP contribution in [0.4, 0.5) is 5.69 Å². The highest BCUT2D eigenvalue weighted by Gasteiger charge is 2.18. The summed E-state index contributed by atoms with van der Waals surface area (Å²) in [6.07, 6.45) is 0. The third-order valence-corrected chi connectivity index (χ3v) is 6.86. The second kappa shape index (κ2) is 9.75. The first kappa shape index (κ1) is 22.2. The summed E-state index contributed by atoms with van der Waals surface area (Å²) in [6.45, 7) is 0.761. The van der Waals surface area contributed by atoms with Gasteiger partial charge in [-0.2, -0.15) is 0 Å². The number of carbonyl (C=O) groups is 1. The van der Waals surface area contributed by atoms with Gasteiger partial charge in [0.25, 0.3) is 0 Å². The lowest BCUT2D eigenvalue weighted by Gasteiger charge is -2.11. The van der Waals surface area contributed by atoms with Crippen LogP contribution in [0, 0.1) is 0 Å². The van der Waals surface area contributed by atoms with Gasteiger partial charge in [-0.1, -0.05) is 78.5 Å². The van der Waals surface area contributed by atoms with Crippen molar-refractivity contribution in [1.82, 2.24) is 14.8 Å². The number of rotatable bonds is 7. The molecule has 0 aliphatic carbocycles. The van der Waals surface area contributed by atoms with Gasteiger partial charge in [-0.25, -0.2) is 0 Å². The molecule has 0 saturated heterocycles. The van der Waals surface area contributed by atoms with Crippen LogP contribution in [0.15, 0.2) is 96.2 Å². The molecule has 0 bridgehead atoms. The number of anilines is 1. The molecule has 0 fully saturated rings. The average Bonchev–Trinajstić information content (AvgIpc) is 3.54. The fourth-order valence-corrected chi connectivity index (χ4v) is 4.89. The van der Waals surface area contributed by atoms with Gasteiger partial charge in [0.1, 0.15) is 0 Å². The van der Waals surface area contributed by atoms with E-state index < -0.39 is 0 Å². The molecule has 178 valence electrons. The summed E-state index contributed by atoms with van der Waals surface area (Å²) >= 11 is 1.36. The summed E-state index contributed by atoms with van der Waals surface area (Å²) < 4.78 is 13.0. The average molecular weight is 495 g/mol. The molecule has 8 heteroatoms. The summed E-state index contributed by atoms with van der Waals surface area (Å²) in [5, 5.41) is 14.8. The molecule has 1 N–H and O–H groups in total. The van der Waals surface area contributed by atoms with E-state index in [2.05, 4.69) is 15.5 Å². The maximum Gasteiger partial charge on any atom is 0.234 e. The minimum Gasteiger partial charge on any atom is -0.454 e. The van der Waals surface area contributed by atoms with Crippen molar-refractivity contribution in [2.45, 2.75) is 11.7 Å². The quantitative estimate of drug-likeness (QED) is 0.297. The fraction of sp³-hybridized carbons (Fsp3) is 0.107. The van der Waals surface area contributed by atoms with Gasteiger partial charge in [0.15, 0.2) is 22.5 Å².